The largest absolute Gasteiger partial charge is 0.103 e. The highest BCUT2D eigenvalue weighted by Crippen LogP contribution is 2.38. The van der Waals surface area contributed by atoms with Crippen molar-refractivity contribution in [3.63, 3.8) is 0 Å². The molecule has 0 aliphatic heterocycles. The number of allylic oxidation sites excluding steroid dienone is 1. The summed E-state index contributed by atoms with van der Waals surface area (Å²) in [5.74, 6) is 3.34. The third-order valence-corrected chi connectivity index (χ3v) is 6.35. The Morgan fingerprint density at radius 1 is 0.810 bits per heavy atom. The lowest BCUT2D eigenvalue weighted by Crippen LogP contribution is -2.28. The van der Waals surface area contributed by atoms with Gasteiger partial charge in [0.25, 0.3) is 0 Å². The molecule has 0 aliphatic carbocycles. The number of unbranched alkanes of at least 4 members (excludes halogenated alkanes) is 3. The van der Waals surface area contributed by atoms with Crippen molar-refractivity contribution in [2.45, 2.75) is 93.4 Å². The summed E-state index contributed by atoms with van der Waals surface area (Å²) in [6.07, 6.45) is 11.5. The Morgan fingerprint density at radius 2 is 1.38 bits per heavy atom. The lowest BCUT2D eigenvalue weighted by atomic mass is 9.69. The van der Waals surface area contributed by atoms with Gasteiger partial charge in [-0.2, -0.15) is 0 Å². The minimum atomic E-state index is 0.466. The quantitative estimate of drug-likeness (QED) is 0.258. The van der Waals surface area contributed by atoms with E-state index in [0.29, 0.717) is 5.41 Å². The van der Waals surface area contributed by atoms with Gasteiger partial charge in [0.1, 0.15) is 0 Å². The molecule has 0 aromatic heterocycles. The Morgan fingerprint density at radius 3 is 1.90 bits per heavy atom. The molecule has 0 spiro atoms. The molecule has 0 fully saturated rings. The van der Waals surface area contributed by atoms with Gasteiger partial charge in [-0.1, -0.05) is 80.2 Å². The maximum atomic E-state index is 3.79. The van der Waals surface area contributed by atoms with Gasteiger partial charge in [0, 0.05) is 0 Å². The average molecular weight is 295 g/mol. The van der Waals surface area contributed by atoms with E-state index >= 15 is 0 Å². The monoisotopic (exact) mass is 294 g/mol. The topological polar surface area (TPSA) is 0 Å². The second-order valence-corrected chi connectivity index (χ2v) is 8.34. The maximum Gasteiger partial charge on any atom is -0.0305 e. The second kappa shape index (κ2) is 10.5. The summed E-state index contributed by atoms with van der Waals surface area (Å²) in [5.41, 5.74) is 0.466. The zero-order valence-electron chi connectivity index (χ0n) is 16.0. The molecule has 0 heteroatoms. The van der Waals surface area contributed by atoms with Gasteiger partial charge in [-0.25, -0.2) is 0 Å². The van der Waals surface area contributed by atoms with Crippen LogP contribution >= 0.6 is 0 Å². The van der Waals surface area contributed by atoms with Crippen molar-refractivity contribution >= 4 is 0 Å². The van der Waals surface area contributed by atoms with Crippen LogP contribution in [0.2, 0.25) is 0 Å². The molecule has 0 heterocycles. The van der Waals surface area contributed by atoms with Crippen LogP contribution < -0.4 is 0 Å². The van der Waals surface area contributed by atoms with Crippen LogP contribution in [-0.2, 0) is 0 Å². The SMILES string of the molecule is C=CCCCCCC(C)C(C)CCC(C)C(C)(C)C(C)C. The minimum absolute atomic E-state index is 0.466. The molecule has 0 aliphatic rings. The molecular weight excluding hydrogens is 252 g/mol. The number of rotatable bonds is 12. The zero-order valence-corrected chi connectivity index (χ0v) is 16.0. The smallest absolute Gasteiger partial charge is 0.0305 e. The summed E-state index contributed by atoms with van der Waals surface area (Å²) in [7, 11) is 0. The lowest BCUT2D eigenvalue weighted by molar-refractivity contribution is 0.132. The van der Waals surface area contributed by atoms with E-state index in [1.54, 1.807) is 0 Å². The van der Waals surface area contributed by atoms with Crippen molar-refractivity contribution in [2.24, 2.45) is 29.1 Å². The molecule has 0 nitrogen and oxygen atoms in total. The Hall–Kier alpha value is -0.260. The fourth-order valence-corrected chi connectivity index (χ4v) is 2.95. The summed E-state index contributed by atoms with van der Waals surface area (Å²) in [4.78, 5) is 0. The fourth-order valence-electron chi connectivity index (χ4n) is 2.95. The molecule has 3 unspecified atom stereocenters. The molecule has 0 aromatic rings. The van der Waals surface area contributed by atoms with E-state index in [9.17, 15) is 0 Å². The van der Waals surface area contributed by atoms with Crippen molar-refractivity contribution in [2.75, 3.05) is 0 Å². The summed E-state index contributed by atoms with van der Waals surface area (Å²) >= 11 is 0. The van der Waals surface area contributed by atoms with Gasteiger partial charge in [0.05, 0.1) is 0 Å². The molecule has 0 saturated carbocycles. The van der Waals surface area contributed by atoms with E-state index < -0.39 is 0 Å². The lowest BCUT2D eigenvalue weighted by Gasteiger charge is -2.37. The van der Waals surface area contributed by atoms with Gasteiger partial charge in [-0.15, -0.1) is 6.58 Å². The number of hydrogen-bond acceptors (Lipinski definition) is 0. The predicted molar refractivity (Wildman–Crippen MR) is 98.6 cm³/mol. The third kappa shape index (κ3) is 8.07. The first-order valence-electron chi connectivity index (χ1n) is 9.34. The van der Waals surface area contributed by atoms with Crippen LogP contribution in [0.15, 0.2) is 12.7 Å². The first-order chi connectivity index (χ1) is 9.73. The average Bonchev–Trinajstić information content (AvgIpc) is 2.43. The summed E-state index contributed by atoms with van der Waals surface area (Å²) in [6, 6.07) is 0. The highest BCUT2D eigenvalue weighted by atomic mass is 14.3. The molecule has 126 valence electrons. The molecule has 0 bridgehead atoms. The van der Waals surface area contributed by atoms with Crippen LogP contribution in [-0.4, -0.2) is 0 Å². The summed E-state index contributed by atoms with van der Waals surface area (Å²) in [6.45, 7) is 20.8. The van der Waals surface area contributed by atoms with Gasteiger partial charge in [-0.05, 0) is 48.3 Å². The van der Waals surface area contributed by atoms with Crippen molar-refractivity contribution in [3.05, 3.63) is 12.7 Å². The van der Waals surface area contributed by atoms with E-state index in [1.807, 2.05) is 6.08 Å². The van der Waals surface area contributed by atoms with Crippen LogP contribution in [0.25, 0.3) is 0 Å². The minimum Gasteiger partial charge on any atom is -0.103 e. The van der Waals surface area contributed by atoms with E-state index in [2.05, 4.69) is 55.0 Å². The predicted octanol–water partition coefficient (Wildman–Crippen LogP) is 7.49. The van der Waals surface area contributed by atoms with E-state index in [0.717, 1.165) is 23.7 Å². The van der Waals surface area contributed by atoms with Gasteiger partial charge in [0.15, 0.2) is 0 Å². The van der Waals surface area contributed by atoms with Gasteiger partial charge >= 0.3 is 0 Å². The first kappa shape index (κ1) is 20.7. The van der Waals surface area contributed by atoms with Crippen LogP contribution in [0.3, 0.4) is 0 Å². The maximum absolute atomic E-state index is 3.79. The summed E-state index contributed by atoms with van der Waals surface area (Å²) in [5, 5.41) is 0. The van der Waals surface area contributed by atoms with Crippen LogP contribution in [0, 0.1) is 29.1 Å². The van der Waals surface area contributed by atoms with Crippen molar-refractivity contribution in [1.82, 2.24) is 0 Å². The Kier molecular flexibility index (Phi) is 10.3. The van der Waals surface area contributed by atoms with Crippen LogP contribution in [0.4, 0.5) is 0 Å². The molecule has 0 radical (unpaired) electrons. The molecule has 0 rings (SSSR count). The number of hydrogen-bond donors (Lipinski definition) is 0. The van der Waals surface area contributed by atoms with Crippen LogP contribution in [0.5, 0.6) is 0 Å². The van der Waals surface area contributed by atoms with Crippen molar-refractivity contribution in [3.8, 4) is 0 Å². The first-order valence-corrected chi connectivity index (χ1v) is 9.34. The molecular formula is C21H42. The summed E-state index contributed by atoms with van der Waals surface area (Å²) < 4.78 is 0. The van der Waals surface area contributed by atoms with Crippen molar-refractivity contribution in [1.29, 1.82) is 0 Å². The highest BCUT2D eigenvalue weighted by molar-refractivity contribution is 4.79. The third-order valence-electron chi connectivity index (χ3n) is 6.35. The normalized spacial score (nSPS) is 16.8. The molecule has 21 heavy (non-hydrogen) atoms. The van der Waals surface area contributed by atoms with E-state index in [4.69, 9.17) is 0 Å². The Labute approximate surface area is 135 Å². The molecule has 0 N–H and O–H groups in total. The Balaban J connectivity index is 3.96. The van der Waals surface area contributed by atoms with Gasteiger partial charge in [-0.3, -0.25) is 0 Å². The molecule has 0 saturated heterocycles. The molecule has 0 aromatic carbocycles. The van der Waals surface area contributed by atoms with Crippen LogP contribution in [0.1, 0.15) is 93.4 Å². The highest BCUT2D eigenvalue weighted by Gasteiger charge is 2.29. The van der Waals surface area contributed by atoms with Gasteiger partial charge < -0.3 is 0 Å². The van der Waals surface area contributed by atoms with Gasteiger partial charge in [0.2, 0.25) is 0 Å². The zero-order chi connectivity index (χ0) is 16.5. The second-order valence-electron chi connectivity index (χ2n) is 8.34. The molecule has 0 amide bonds. The van der Waals surface area contributed by atoms with Crippen molar-refractivity contribution < 1.29 is 0 Å². The fraction of sp³-hybridized carbons (Fsp3) is 0.905. The van der Waals surface area contributed by atoms with E-state index in [1.165, 1.54) is 44.9 Å². The Bertz CT molecular complexity index is 261. The molecule has 3 atom stereocenters. The van der Waals surface area contributed by atoms with E-state index in [-0.39, 0.29) is 0 Å². The standard InChI is InChI=1S/C21H42/c1-9-10-11-12-13-14-18(4)19(5)15-16-20(6)21(7,8)17(2)3/h9,17-20H,1,10-16H2,2-8H3.